The molecule has 6 nitrogen and oxygen atoms in total. The minimum atomic E-state index is -0.167. The van der Waals surface area contributed by atoms with Crippen molar-refractivity contribution in [2.45, 2.75) is 6.92 Å². The van der Waals surface area contributed by atoms with Gasteiger partial charge < -0.3 is 19.1 Å². The number of nitrogens with zero attached hydrogens (tertiary/aromatic N) is 1. The highest BCUT2D eigenvalue weighted by molar-refractivity contribution is 6.15. The minimum absolute atomic E-state index is 0.126. The third-order valence-electron chi connectivity index (χ3n) is 5.43. The summed E-state index contributed by atoms with van der Waals surface area (Å²) in [5.74, 6) is 1.52. The van der Waals surface area contributed by atoms with Gasteiger partial charge >= 0.3 is 0 Å². The Bertz CT molecular complexity index is 1220. The number of methoxy groups -OCH3 is 1. The molecule has 0 radical (unpaired) electrons. The number of fused-ring (bicyclic) bond motifs is 1. The van der Waals surface area contributed by atoms with Gasteiger partial charge in [-0.25, -0.2) is 0 Å². The van der Waals surface area contributed by atoms with Gasteiger partial charge in [0, 0.05) is 31.4 Å². The van der Waals surface area contributed by atoms with E-state index in [1.165, 1.54) is 0 Å². The zero-order valence-corrected chi connectivity index (χ0v) is 19.0. The summed E-state index contributed by atoms with van der Waals surface area (Å²) in [7, 11) is 5.52. The Morgan fingerprint density at radius 1 is 1.00 bits per heavy atom. The summed E-state index contributed by atoms with van der Waals surface area (Å²) < 4.78 is 16.7. The molecule has 0 saturated carbocycles. The highest BCUT2D eigenvalue weighted by Crippen LogP contribution is 2.37. The number of allylic oxidation sites excluding steroid dienone is 1. The van der Waals surface area contributed by atoms with Gasteiger partial charge in [-0.1, -0.05) is 12.1 Å². The topological polar surface area (TPSA) is 65.1 Å². The summed E-state index contributed by atoms with van der Waals surface area (Å²) in [6, 6.07) is 18.1. The smallest absolute Gasteiger partial charge is 0.232 e. The maximum atomic E-state index is 12.9. The Balaban J connectivity index is 1.48. The van der Waals surface area contributed by atoms with Gasteiger partial charge in [0.25, 0.3) is 0 Å². The SMILES string of the molecule is COc1ccc(C(=O)COc2cc(C)c3c(c2)O/C(=C\c2ccc(N(C)C)cc2)C3=O)cc1. The van der Waals surface area contributed by atoms with E-state index in [9.17, 15) is 9.59 Å². The molecule has 33 heavy (non-hydrogen) atoms. The van der Waals surface area contributed by atoms with Crippen LogP contribution in [0.15, 0.2) is 66.4 Å². The van der Waals surface area contributed by atoms with Crippen molar-refractivity contribution in [1.29, 1.82) is 0 Å². The maximum absolute atomic E-state index is 12.9. The summed E-state index contributed by atoms with van der Waals surface area (Å²) in [5, 5.41) is 0. The molecule has 4 rings (SSSR count). The molecule has 0 aromatic heterocycles. The van der Waals surface area contributed by atoms with E-state index in [1.807, 2.05) is 50.2 Å². The number of hydrogen-bond donors (Lipinski definition) is 0. The summed E-state index contributed by atoms with van der Waals surface area (Å²) in [5.41, 5.74) is 3.72. The van der Waals surface area contributed by atoms with Crippen molar-refractivity contribution in [2.75, 3.05) is 32.7 Å². The van der Waals surface area contributed by atoms with Crippen LogP contribution >= 0.6 is 0 Å². The van der Waals surface area contributed by atoms with E-state index >= 15 is 0 Å². The first-order valence-electron chi connectivity index (χ1n) is 10.5. The Kier molecular flexibility index (Phi) is 6.18. The van der Waals surface area contributed by atoms with Gasteiger partial charge in [-0.05, 0) is 66.6 Å². The van der Waals surface area contributed by atoms with Gasteiger partial charge in [0.1, 0.15) is 17.2 Å². The first-order chi connectivity index (χ1) is 15.9. The highest BCUT2D eigenvalue weighted by atomic mass is 16.5. The summed E-state index contributed by atoms with van der Waals surface area (Å²) >= 11 is 0. The molecule has 1 aliphatic rings. The van der Waals surface area contributed by atoms with Gasteiger partial charge in [0.05, 0.1) is 12.7 Å². The lowest BCUT2D eigenvalue weighted by Crippen LogP contribution is -2.11. The number of ether oxygens (including phenoxy) is 3. The van der Waals surface area contributed by atoms with Crippen LogP contribution in [-0.4, -0.2) is 39.4 Å². The molecule has 0 aliphatic carbocycles. The number of carbonyl (C=O) groups excluding carboxylic acids is 2. The Morgan fingerprint density at radius 3 is 2.33 bits per heavy atom. The lowest BCUT2D eigenvalue weighted by molar-refractivity contribution is 0.0920. The quantitative estimate of drug-likeness (QED) is 0.380. The van der Waals surface area contributed by atoms with Gasteiger partial charge in [-0.15, -0.1) is 0 Å². The monoisotopic (exact) mass is 443 g/mol. The molecule has 0 fully saturated rings. The molecule has 0 saturated heterocycles. The number of benzene rings is 3. The molecule has 1 aliphatic heterocycles. The van der Waals surface area contributed by atoms with E-state index in [1.54, 1.807) is 49.6 Å². The van der Waals surface area contributed by atoms with E-state index in [2.05, 4.69) is 0 Å². The number of carbonyl (C=O) groups is 2. The molecule has 1 heterocycles. The fraction of sp³-hybridized carbons (Fsp3) is 0.185. The van der Waals surface area contributed by atoms with Gasteiger partial charge in [-0.3, -0.25) is 9.59 Å². The molecule has 0 spiro atoms. The summed E-state index contributed by atoms with van der Waals surface area (Å²) in [4.78, 5) is 27.4. The Labute approximate surface area is 193 Å². The Hall–Kier alpha value is -4.06. The maximum Gasteiger partial charge on any atom is 0.232 e. The molecule has 3 aromatic rings. The molecule has 0 unspecified atom stereocenters. The van der Waals surface area contributed by atoms with Crippen LogP contribution in [0.2, 0.25) is 0 Å². The fourth-order valence-corrected chi connectivity index (χ4v) is 3.59. The van der Waals surface area contributed by atoms with Crippen molar-refractivity contribution in [1.82, 2.24) is 0 Å². The minimum Gasteiger partial charge on any atom is -0.497 e. The summed E-state index contributed by atoms with van der Waals surface area (Å²) in [6.45, 7) is 1.70. The second kappa shape index (κ2) is 9.20. The molecule has 0 N–H and O–H groups in total. The number of aryl methyl sites for hydroxylation is 1. The van der Waals surface area contributed by atoms with Crippen molar-refractivity contribution in [3.05, 3.63) is 88.7 Å². The van der Waals surface area contributed by atoms with E-state index in [0.717, 1.165) is 16.8 Å². The standard InChI is InChI=1S/C27H25NO5/c1-17-13-22(32-16-23(29)19-7-11-21(31-4)12-8-19)15-24-26(17)27(30)25(33-24)14-18-5-9-20(10-6-18)28(2)3/h5-15H,16H2,1-4H3/b25-14-. The number of Topliss-reactive ketones (excluding diaryl/α,β-unsaturated/α-hetero) is 2. The second-order valence-electron chi connectivity index (χ2n) is 7.98. The average molecular weight is 443 g/mol. The van der Waals surface area contributed by atoms with E-state index in [-0.39, 0.29) is 23.9 Å². The zero-order chi connectivity index (χ0) is 23.5. The van der Waals surface area contributed by atoms with Crippen LogP contribution in [0, 0.1) is 6.92 Å². The normalized spacial score (nSPS) is 13.5. The van der Waals surface area contributed by atoms with Crippen LogP contribution in [-0.2, 0) is 0 Å². The predicted molar refractivity (Wildman–Crippen MR) is 128 cm³/mol. The van der Waals surface area contributed by atoms with Crippen molar-refractivity contribution >= 4 is 23.3 Å². The third kappa shape index (κ3) is 4.75. The molecule has 6 heteroatoms. The summed E-state index contributed by atoms with van der Waals surface area (Å²) in [6.07, 6.45) is 1.73. The largest absolute Gasteiger partial charge is 0.497 e. The molecule has 0 bridgehead atoms. The van der Waals surface area contributed by atoms with E-state index in [0.29, 0.717) is 28.4 Å². The molecular formula is C27H25NO5. The van der Waals surface area contributed by atoms with Crippen LogP contribution in [0.5, 0.6) is 17.2 Å². The van der Waals surface area contributed by atoms with Crippen LogP contribution in [0.1, 0.15) is 31.8 Å². The van der Waals surface area contributed by atoms with Crippen LogP contribution in [0.3, 0.4) is 0 Å². The predicted octanol–water partition coefficient (Wildman–Crippen LogP) is 4.95. The van der Waals surface area contributed by atoms with Crippen LogP contribution in [0.25, 0.3) is 6.08 Å². The number of hydrogen-bond acceptors (Lipinski definition) is 6. The number of rotatable bonds is 7. The number of anilines is 1. The van der Waals surface area contributed by atoms with Gasteiger partial charge in [-0.2, -0.15) is 0 Å². The number of ketones is 2. The van der Waals surface area contributed by atoms with Crippen LogP contribution < -0.4 is 19.1 Å². The third-order valence-corrected chi connectivity index (χ3v) is 5.43. The van der Waals surface area contributed by atoms with Crippen molar-refractivity contribution < 1.29 is 23.8 Å². The first-order valence-corrected chi connectivity index (χ1v) is 10.5. The molecule has 168 valence electrons. The van der Waals surface area contributed by atoms with E-state index in [4.69, 9.17) is 14.2 Å². The van der Waals surface area contributed by atoms with Crippen molar-refractivity contribution in [3.63, 3.8) is 0 Å². The average Bonchev–Trinajstić information content (AvgIpc) is 3.13. The fourth-order valence-electron chi connectivity index (χ4n) is 3.59. The van der Waals surface area contributed by atoms with Gasteiger partial charge in [0.2, 0.25) is 5.78 Å². The Morgan fingerprint density at radius 2 is 1.70 bits per heavy atom. The van der Waals surface area contributed by atoms with Crippen LogP contribution in [0.4, 0.5) is 5.69 Å². The molecule has 0 atom stereocenters. The molecule has 3 aromatic carbocycles. The van der Waals surface area contributed by atoms with Gasteiger partial charge in [0.15, 0.2) is 18.1 Å². The lowest BCUT2D eigenvalue weighted by atomic mass is 10.0. The molecular weight excluding hydrogens is 418 g/mol. The first kappa shape index (κ1) is 22.1. The highest BCUT2D eigenvalue weighted by Gasteiger charge is 2.30. The second-order valence-corrected chi connectivity index (χ2v) is 7.98. The zero-order valence-electron chi connectivity index (χ0n) is 19.0. The van der Waals surface area contributed by atoms with Crippen molar-refractivity contribution in [2.24, 2.45) is 0 Å². The van der Waals surface area contributed by atoms with E-state index < -0.39 is 0 Å². The lowest BCUT2D eigenvalue weighted by Gasteiger charge is -2.11. The van der Waals surface area contributed by atoms with Crippen molar-refractivity contribution in [3.8, 4) is 17.2 Å². The molecule has 0 amide bonds.